The van der Waals surface area contributed by atoms with Crippen molar-refractivity contribution in [3.63, 3.8) is 0 Å². The van der Waals surface area contributed by atoms with Crippen molar-refractivity contribution in [2.45, 2.75) is 19.9 Å². The Morgan fingerprint density at radius 1 is 1.25 bits per heavy atom. The molecule has 1 atom stereocenters. The SMILES string of the molecule is Cc1ccc(N2CC(=O)NC(=O)C2C)cc1. The first-order chi connectivity index (χ1) is 7.58. The summed E-state index contributed by atoms with van der Waals surface area (Å²) in [5.74, 6) is -0.486. The fourth-order valence-electron chi connectivity index (χ4n) is 1.77. The van der Waals surface area contributed by atoms with E-state index in [1.54, 1.807) is 11.8 Å². The summed E-state index contributed by atoms with van der Waals surface area (Å²) >= 11 is 0. The van der Waals surface area contributed by atoms with Gasteiger partial charge in [0.05, 0.1) is 6.54 Å². The van der Waals surface area contributed by atoms with Crippen LogP contribution >= 0.6 is 0 Å². The Kier molecular flexibility index (Phi) is 2.64. The number of hydrogen-bond donors (Lipinski definition) is 1. The molecule has 0 bridgehead atoms. The molecule has 0 spiro atoms. The van der Waals surface area contributed by atoms with Gasteiger partial charge in [-0.25, -0.2) is 0 Å². The lowest BCUT2D eigenvalue weighted by Crippen LogP contribution is -2.57. The van der Waals surface area contributed by atoms with Gasteiger partial charge in [-0.1, -0.05) is 17.7 Å². The monoisotopic (exact) mass is 218 g/mol. The van der Waals surface area contributed by atoms with Crippen LogP contribution in [0.2, 0.25) is 0 Å². The molecule has 84 valence electrons. The Balaban J connectivity index is 2.28. The van der Waals surface area contributed by atoms with Crippen LogP contribution < -0.4 is 10.2 Å². The van der Waals surface area contributed by atoms with Gasteiger partial charge in [-0.05, 0) is 26.0 Å². The van der Waals surface area contributed by atoms with E-state index in [0.717, 1.165) is 11.3 Å². The first-order valence-electron chi connectivity index (χ1n) is 5.25. The maximum atomic E-state index is 11.5. The lowest BCUT2D eigenvalue weighted by atomic mass is 10.1. The number of hydrogen-bond acceptors (Lipinski definition) is 3. The van der Waals surface area contributed by atoms with Crippen LogP contribution in [0.5, 0.6) is 0 Å². The van der Waals surface area contributed by atoms with Gasteiger partial charge in [0, 0.05) is 5.69 Å². The first kappa shape index (κ1) is 10.7. The molecule has 1 heterocycles. The van der Waals surface area contributed by atoms with Gasteiger partial charge in [0.25, 0.3) is 0 Å². The Hall–Kier alpha value is -1.84. The van der Waals surface area contributed by atoms with Gasteiger partial charge in [-0.15, -0.1) is 0 Å². The summed E-state index contributed by atoms with van der Waals surface area (Å²) in [6.07, 6.45) is 0. The zero-order valence-corrected chi connectivity index (χ0v) is 9.36. The molecule has 4 nitrogen and oxygen atoms in total. The Morgan fingerprint density at radius 3 is 2.50 bits per heavy atom. The average Bonchev–Trinajstić information content (AvgIpc) is 2.25. The van der Waals surface area contributed by atoms with Crippen LogP contribution in [-0.2, 0) is 9.59 Å². The van der Waals surface area contributed by atoms with Crippen molar-refractivity contribution >= 4 is 17.5 Å². The molecule has 1 aliphatic heterocycles. The van der Waals surface area contributed by atoms with E-state index in [4.69, 9.17) is 0 Å². The number of amides is 2. The van der Waals surface area contributed by atoms with E-state index in [2.05, 4.69) is 5.32 Å². The molecule has 1 fully saturated rings. The second-order valence-corrected chi connectivity index (χ2v) is 4.05. The van der Waals surface area contributed by atoms with Gasteiger partial charge in [-0.2, -0.15) is 0 Å². The molecule has 1 saturated heterocycles. The summed E-state index contributed by atoms with van der Waals surface area (Å²) in [6.45, 7) is 4.03. The maximum absolute atomic E-state index is 11.5. The van der Waals surface area contributed by atoms with Crippen molar-refractivity contribution in [3.8, 4) is 0 Å². The zero-order chi connectivity index (χ0) is 11.7. The Morgan fingerprint density at radius 2 is 1.88 bits per heavy atom. The number of aryl methyl sites for hydroxylation is 1. The maximum Gasteiger partial charge on any atom is 0.249 e. The van der Waals surface area contributed by atoms with Gasteiger partial charge in [-0.3, -0.25) is 14.9 Å². The van der Waals surface area contributed by atoms with Gasteiger partial charge in [0.15, 0.2) is 0 Å². The normalized spacial score (nSPS) is 20.9. The standard InChI is InChI=1S/C12H14N2O2/c1-8-3-5-10(6-4-8)14-7-11(15)13-12(16)9(14)2/h3-6,9H,7H2,1-2H3,(H,13,15,16). The molecular formula is C12H14N2O2. The number of benzene rings is 1. The van der Waals surface area contributed by atoms with Gasteiger partial charge < -0.3 is 4.90 Å². The minimum absolute atomic E-state index is 0.232. The molecule has 0 aromatic heterocycles. The van der Waals surface area contributed by atoms with E-state index in [-0.39, 0.29) is 24.4 Å². The van der Waals surface area contributed by atoms with Crippen molar-refractivity contribution in [2.75, 3.05) is 11.4 Å². The molecule has 1 aromatic rings. The fourth-order valence-corrected chi connectivity index (χ4v) is 1.77. The van der Waals surface area contributed by atoms with Crippen LogP contribution in [0.4, 0.5) is 5.69 Å². The van der Waals surface area contributed by atoms with Crippen molar-refractivity contribution in [1.29, 1.82) is 0 Å². The van der Waals surface area contributed by atoms with E-state index in [1.165, 1.54) is 0 Å². The first-order valence-corrected chi connectivity index (χ1v) is 5.25. The highest BCUT2D eigenvalue weighted by Crippen LogP contribution is 2.19. The molecule has 0 aliphatic carbocycles. The van der Waals surface area contributed by atoms with Crippen molar-refractivity contribution in [3.05, 3.63) is 29.8 Å². The fraction of sp³-hybridized carbons (Fsp3) is 0.333. The molecule has 2 rings (SSSR count). The summed E-state index contributed by atoms with van der Waals surface area (Å²) in [7, 11) is 0. The molecule has 1 aromatic carbocycles. The van der Waals surface area contributed by atoms with Crippen molar-refractivity contribution in [2.24, 2.45) is 0 Å². The molecule has 1 aliphatic rings. The molecule has 0 saturated carbocycles. The Bertz CT molecular complexity index is 425. The summed E-state index contributed by atoms with van der Waals surface area (Å²) in [6, 6.07) is 7.49. The highest BCUT2D eigenvalue weighted by atomic mass is 16.2. The van der Waals surface area contributed by atoms with E-state index >= 15 is 0 Å². The van der Waals surface area contributed by atoms with E-state index < -0.39 is 0 Å². The predicted octanol–water partition coefficient (Wildman–Crippen LogP) is 0.846. The van der Waals surface area contributed by atoms with Gasteiger partial charge in [0.2, 0.25) is 11.8 Å². The van der Waals surface area contributed by atoms with Crippen LogP contribution in [0, 0.1) is 6.92 Å². The highest BCUT2D eigenvalue weighted by Gasteiger charge is 2.30. The van der Waals surface area contributed by atoms with Crippen LogP contribution in [-0.4, -0.2) is 24.4 Å². The van der Waals surface area contributed by atoms with Crippen LogP contribution in [0.3, 0.4) is 0 Å². The van der Waals surface area contributed by atoms with Crippen molar-refractivity contribution in [1.82, 2.24) is 5.32 Å². The summed E-state index contributed by atoms with van der Waals surface area (Å²) in [5, 5.41) is 2.32. The van der Waals surface area contributed by atoms with Crippen LogP contribution in [0.1, 0.15) is 12.5 Å². The topological polar surface area (TPSA) is 49.4 Å². The number of carbonyl (C=O) groups is 2. The molecule has 2 amide bonds. The molecule has 0 radical (unpaired) electrons. The second kappa shape index (κ2) is 3.96. The molecule has 4 heteroatoms. The van der Waals surface area contributed by atoms with E-state index in [1.807, 2.05) is 31.2 Å². The molecule has 1 unspecified atom stereocenters. The average molecular weight is 218 g/mol. The third-order valence-electron chi connectivity index (χ3n) is 2.79. The predicted molar refractivity (Wildman–Crippen MR) is 61.1 cm³/mol. The minimum atomic E-state index is -0.305. The number of carbonyl (C=O) groups excluding carboxylic acids is 2. The number of nitrogens with zero attached hydrogens (tertiary/aromatic N) is 1. The second-order valence-electron chi connectivity index (χ2n) is 4.05. The third kappa shape index (κ3) is 1.91. The van der Waals surface area contributed by atoms with Crippen LogP contribution in [0.25, 0.3) is 0 Å². The number of piperazine rings is 1. The molecular weight excluding hydrogens is 204 g/mol. The number of rotatable bonds is 1. The summed E-state index contributed by atoms with van der Waals surface area (Å²) in [5.41, 5.74) is 2.06. The van der Waals surface area contributed by atoms with Crippen molar-refractivity contribution < 1.29 is 9.59 Å². The minimum Gasteiger partial charge on any atom is -0.350 e. The number of nitrogens with one attached hydrogen (secondary N) is 1. The lowest BCUT2D eigenvalue weighted by Gasteiger charge is -2.33. The highest BCUT2D eigenvalue weighted by molar-refractivity contribution is 6.04. The number of imide groups is 1. The van der Waals surface area contributed by atoms with Crippen LogP contribution in [0.15, 0.2) is 24.3 Å². The number of anilines is 1. The molecule has 16 heavy (non-hydrogen) atoms. The quantitative estimate of drug-likeness (QED) is 0.711. The van der Waals surface area contributed by atoms with Gasteiger partial charge >= 0.3 is 0 Å². The smallest absolute Gasteiger partial charge is 0.249 e. The van der Waals surface area contributed by atoms with Gasteiger partial charge in [0.1, 0.15) is 6.04 Å². The summed E-state index contributed by atoms with van der Waals surface area (Å²) in [4.78, 5) is 24.6. The molecule has 1 N–H and O–H groups in total. The van der Waals surface area contributed by atoms with E-state index in [9.17, 15) is 9.59 Å². The third-order valence-corrected chi connectivity index (χ3v) is 2.79. The zero-order valence-electron chi connectivity index (χ0n) is 9.36. The van der Waals surface area contributed by atoms with E-state index in [0.29, 0.717) is 0 Å². The summed E-state index contributed by atoms with van der Waals surface area (Å²) < 4.78 is 0. The Labute approximate surface area is 94.2 Å². The largest absolute Gasteiger partial charge is 0.350 e. The lowest BCUT2D eigenvalue weighted by molar-refractivity contribution is -0.132.